The minimum Gasteiger partial charge on any atom is -0.495 e. The summed E-state index contributed by atoms with van der Waals surface area (Å²) in [5.41, 5.74) is 1.84. The molecule has 2 amide bonds. The van der Waals surface area contributed by atoms with E-state index < -0.39 is 0 Å². The summed E-state index contributed by atoms with van der Waals surface area (Å²) in [5.74, 6) is 1.32. The van der Waals surface area contributed by atoms with Crippen LogP contribution in [0, 0.1) is 0 Å². The third-order valence-electron chi connectivity index (χ3n) is 3.60. The molecule has 1 aliphatic heterocycles. The molecule has 1 aliphatic rings. The van der Waals surface area contributed by atoms with Crippen LogP contribution in [0.2, 0.25) is 0 Å². The van der Waals surface area contributed by atoms with Crippen LogP contribution in [0.15, 0.2) is 42.5 Å². The second-order valence-electron chi connectivity index (χ2n) is 5.53. The lowest BCUT2D eigenvalue weighted by Crippen LogP contribution is -2.10. The first kappa shape index (κ1) is 17.3. The molecule has 26 heavy (non-hydrogen) atoms. The molecule has 0 unspecified atom stereocenters. The van der Waals surface area contributed by atoms with Crippen LogP contribution in [-0.2, 0) is 9.59 Å². The number of fused-ring (bicyclic) bond motifs is 1. The Kier molecular flexibility index (Phi) is 5.07. The molecular formula is C19H18N2O5. The van der Waals surface area contributed by atoms with E-state index in [2.05, 4.69) is 10.6 Å². The van der Waals surface area contributed by atoms with Gasteiger partial charge in [0.2, 0.25) is 18.6 Å². The minimum atomic E-state index is -0.304. The lowest BCUT2D eigenvalue weighted by atomic mass is 10.2. The SMILES string of the molecule is COc1ccc(NC(=O)/C=C/c2ccc3c(c2)OCO3)cc1NC(C)=O. The number of anilines is 2. The zero-order valence-corrected chi connectivity index (χ0v) is 14.4. The molecule has 2 aromatic rings. The van der Waals surface area contributed by atoms with Gasteiger partial charge in [0.1, 0.15) is 5.75 Å². The molecule has 0 atom stereocenters. The fourth-order valence-electron chi connectivity index (χ4n) is 2.45. The number of ether oxygens (including phenoxy) is 3. The summed E-state index contributed by atoms with van der Waals surface area (Å²) in [6.45, 7) is 1.61. The van der Waals surface area contributed by atoms with E-state index in [0.29, 0.717) is 28.6 Å². The number of carbonyl (C=O) groups is 2. The molecule has 0 saturated carbocycles. The molecule has 3 rings (SSSR count). The lowest BCUT2D eigenvalue weighted by molar-refractivity contribution is -0.114. The fraction of sp³-hybridized carbons (Fsp3) is 0.158. The highest BCUT2D eigenvalue weighted by atomic mass is 16.7. The smallest absolute Gasteiger partial charge is 0.248 e. The van der Waals surface area contributed by atoms with Crippen LogP contribution >= 0.6 is 0 Å². The van der Waals surface area contributed by atoms with Crippen molar-refractivity contribution in [1.82, 2.24) is 0 Å². The summed E-state index contributed by atoms with van der Waals surface area (Å²) in [5, 5.41) is 5.40. The Balaban J connectivity index is 1.68. The van der Waals surface area contributed by atoms with Crippen LogP contribution in [0.5, 0.6) is 17.2 Å². The maximum Gasteiger partial charge on any atom is 0.248 e. The van der Waals surface area contributed by atoms with E-state index >= 15 is 0 Å². The molecule has 0 spiro atoms. The van der Waals surface area contributed by atoms with Crippen molar-refractivity contribution in [2.45, 2.75) is 6.92 Å². The molecule has 134 valence electrons. The van der Waals surface area contributed by atoms with Crippen LogP contribution in [-0.4, -0.2) is 25.7 Å². The number of rotatable bonds is 5. The van der Waals surface area contributed by atoms with Crippen molar-refractivity contribution in [1.29, 1.82) is 0 Å². The number of hydrogen-bond donors (Lipinski definition) is 2. The van der Waals surface area contributed by atoms with Gasteiger partial charge in [0.15, 0.2) is 11.5 Å². The molecule has 7 heteroatoms. The summed E-state index contributed by atoms with van der Waals surface area (Å²) in [6.07, 6.45) is 3.09. The van der Waals surface area contributed by atoms with Crippen molar-refractivity contribution in [3.05, 3.63) is 48.0 Å². The maximum absolute atomic E-state index is 12.1. The average Bonchev–Trinajstić information content (AvgIpc) is 3.07. The Bertz CT molecular complexity index is 876. The molecule has 1 heterocycles. The van der Waals surface area contributed by atoms with Crippen molar-refractivity contribution < 1.29 is 23.8 Å². The highest BCUT2D eigenvalue weighted by molar-refractivity contribution is 6.02. The Morgan fingerprint density at radius 3 is 2.65 bits per heavy atom. The van der Waals surface area contributed by atoms with Gasteiger partial charge in [-0.05, 0) is 42.0 Å². The van der Waals surface area contributed by atoms with Gasteiger partial charge in [-0.15, -0.1) is 0 Å². The second kappa shape index (κ2) is 7.60. The summed E-state index contributed by atoms with van der Waals surface area (Å²) < 4.78 is 15.7. The van der Waals surface area contributed by atoms with Gasteiger partial charge >= 0.3 is 0 Å². The molecule has 0 fully saturated rings. The second-order valence-corrected chi connectivity index (χ2v) is 5.53. The Hall–Kier alpha value is -3.48. The number of nitrogens with one attached hydrogen (secondary N) is 2. The van der Waals surface area contributed by atoms with Gasteiger partial charge in [0.25, 0.3) is 0 Å². The molecule has 0 radical (unpaired) electrons. The minimum absolute atomic E-state index is 0.205. The van der Waals surface area contributed by atoms with Crippen LogP contribution in [0.1, 0.15) is 12.5 Å². The topological polar surface area (TPSA) is 85.9 Å². The summed E-state index contributed by atoms with van der Waals surface area (Å²) in [7, 11) is 1.51. The highest BCUT2D eigenvalue weighted by Crippen LogP contribution is 2.33. The third-order valence-corrected chi connectivity index (χ3v) is 3.60. The molecule has 0 bridgehead atoms. The molecule has 0 aliphatic carbocycles. The van der Waals surface area contributed by atoms with Gasteiger partial charge in [-0.25, -0.2) is 0 Å². The first-order valence-electron chi connectivity index (χ1n) is 7.89. The predicted molar refractivity (Wildman–Crippen MR) is 97.5 cm³/mol. The van der Waals surface area contributed by atoms with Crippen molar-refractivity contribution >= 4 is 29.3 Å². The number of amides is 2. The Morgan fingerprint density at radius 2 is 1.88 bits per heavy atom. The van der Waals surface area contributed by atoms with Gasteiger partial charge in [-0.3, -0.25) is 9.59 Å². The lowest BCUT2D eigenvalue weighted by Gasteiger charge is -2.11. The van der Waals surface area contributed by atoms with Crippen LogP contribution in [0.3, 0.4) is 0 Å². The third kappa shape index (κ3) is 4.13. The largest absolute Gasteiger partial charge is 0.495 e. The van der Waals surface area contributed by atoms with Gasteiger partial charge in [-0.2, -0.15) is 0 Å². The van der Waals surface area contributed by atoms with E-state index in [1.807, 2.05) is 6.07 Å². The Labute approximate surface area is 150 Å². The Morgan fingerprint density at radius 1 is 1.08 bits per heavy atom. The molecule has 0 saturated heterocycles. The number of carbonyl (C=O) groups excluding carboxylic acids is 2. The maximum atomic E-state index is 12.1. The van der Waals surface area contributed by atoms with Crippen LogP contribution in [0.4, 0.5) is 11.4 Å². The van der Waals surface area contributed by atoms with Crippen molar-refractivity contribution in [3.63, 3.8) is 0 Å². The number of hydrogen-bond acceptors (Lipinski definition) is 5. The molecule has 0 aromatic heterocycles. The number of methoxy groups -OCH3 is 1. The van der Waals surface area contributed by atoms with E-state index in [1.54, 1.807) is 36.4 Å². The van der Waals surface area contributed by atoms with Gasteiger partial charge in [0, 0.05) is 18.7 Å². The quantitative estimate of drug-likeness (QED) is 0.806. The van der Waals surface area contributed by atoms with Gasteiger partial charge in [0.05, 0.1) is 12.8 Å². The predicted octanol–water partition coefficient (Wildman–Crippen LogP) is 3.03. The number of benzene rings is 2. The normalized spacial score (nSPS) is 12.1. The van der Waals surface area contributed by atoms with E-state index in [9.17, 15) is 9.59 Å². The van der Waals surface area contributed by atoms with E-state index in [1.165, 1.54) is 20.1 Å². The highest BCUT2D eigenvalue weighted by Gasteiger charge is 2.12. The molecule has 2 N–H and O–H groups in total. The summed E-state index contributed by atoms with van der Waals surface area (Å²) >= 11 is 0. The fourth-order valence-corrected chi connectivity index (χ4v) is 2.45. The summed E-state index contributed by atoms with van der Waals surface area (Å²) in [6, 6.07) is 10.4. The standard InChI is InChI=1S/C19H18N2O5/c1-12(22)20-15-10-14(5-7-16(15)24-2)21-19(23)8-4-13-3-6-17-18(9-13)26-11-25-17/h3-10H,11H2,1-2H3,(H,20,22)(H,21,23)/b8-4+. The van der Waals surface area contributed by atoms with Crippen LogP contribution < -0.4 is 24.8 Å². The van der Waals surface area contributed by atoms with Crippen molar-refractivity contribution in [2.24, 2.45) is 0 Å². The first-order chi connectivity index (χ1) is 12.5. The molecule has 2 aromatic carbocycles. The monoisotopic (exact) mass is 354 g/mol. The first-order valence-corrected chi connectivity index (χ1v) is 7.89. The summed E-state index contributed by atoms with van der Waals surface area (Å²) in [4.78, 5) is 23.4. The average molecular weight is 354 g/mol. The van der Waals surface area contributed by atoms with Gasteiger partial charge < -0.3 is 24.8 Å². The van der Waals surface area contributed by atoms with Crippen molar-refractivity contribution in [3.8, 4) is 17.2 Å². The molecular weight excluding hydrogens is 336 g/mol. The molecule has 7 nitrogen and oxygen atoms in total. The zero-order valence-electron chi connectivity index (χ0n) is 14.4. The van der Waals surface area contributed by atoms with Crippen molar-refractivity contribution in [2.75, 3.05) is 24.5 Å². The van der Waals surface area contributed by atoms with E-state index in [-0.39, 0.29) is 18.6 Å². The van der Waals surface area contributed by atoms with E-state index in [0.717, 1.165) is 5.56 Å². The van der Waals surface area contributed by atoms with E-state index in [4.69, 9.17) is 14.2 Å². The van der Waals surface area contributed by atoms with Gasteiger partial charge in [-0.1, -0.05) is 6.07 Å². The van der Waals surface area contributed by atoms with Crippen LogP contribution in [0.25, 0.3) is 6.08 Å². The zero-order chi connectivity index (χ0) is 18.5.